The number of amides is 2. The molecule has 25 heavy (non-hydrogen) atoms. The molecule has 0 spiro atoms. The maximum absolute atomic E-state index is 12.3. The Morgan fingerprint density at radius 2 is 1.60 bits per heavy atom. The fourth-order valence-electron chi connectivity index (χ4n) is 4.05. The number of nitrogens with one attached hydrogen (secondary N) is 2. The third-order valence-corrected chi connectivity index (χ3v) is 5.64. The van der Waals surface area contributed by atoms with Crippen molar-refractivity contribution in [1.82, 2.24) is 10.6 Å². The standard InChI is InChI=1S/C19H32N2O4/c1-12(2)17(19(24)25)21-18(23)14-7-9-15(10-8-14)20-16(22)11-13-5-3-4-6-13/h12-15,17H,3-11H2,1-2H3,(H,20,22)(H,21,23)(H,24,25)/t14?,15?,17-/m1/s1. The first-order chi connectivity index (χ1) is 11.9. The summed E-state index contributed by atoms with van der Waals surface area (Å²) in [6.45, 7) is 3.58. The van der Waals surface area contributed by atoms with Gasteiger partial charge in [0.25, 0.3) is 0 Å². The number of carboxylic acid groups (broad SMARTS) is 1. The van der Waals surface area contributed by atoms with Crippen LogP contribution >= 0.6 is 0 Å². The molecule has 2 saturated carbocycles. The summed E-state index contributed by atoms with van der Waals surface area (Å²) in [5.41, 5.74) is 0. The average molecular weight is 352 g/mol. The van der Waals surface area contributed by atoms with Crippen LogP contribution in [0.3, 0.4) is 0 Å². The molecule has 0 aliphatic heterocycles. The number of carboxylic acids is 1. The zero-order valence-corrected chi connectivity index (χ0v) is 15.4. The summed E-state index contributed by atoms with van der Waals surface area (Å²) >= 11 is 0. The first-order valence-electron chi connectivity index (χ1n) is 9.69. The van der Waals surface area contributed by atoms with Crippen LogP contribution in [-0.2, 0) is 14.4 Å². The van der Waals surface area contributed by atoms with Crippen LogP contribution in [-0.4, -0.2) is 35.0 Å². The molecule has 3 N–H and O–H groups in total. The molecule has 0 radical (unpaired) electrons. The normalized spacial score (nSPS) is 25.6. The van der Waals surface area contributed by atoms with E-state index < -0.39 is 12.0 Å². The Balaban J connectivity index is 1.72. The molecule has 1 atom stereocenters. The highest BCUT2D eigenvalue weighted by molar-refractivity contribution is 5.85. The smallest absolute Gasteiger partial charge is 0.326 e. The summed E-state index contributed by atoms with van der Waals surface area (Å²) in [5.74, 6) is -0.763. The van der Waals surface area contributed by atoms with Gasteiger partial charge in [-0.15, -0.1) is 0 Å². The van der Waals surface area contributed by atoms with Crippen molar-refractivity contribution in [2.24, 2.45) is 17.8 Å². The zero-order chi connectivity index (χ0) is 18.4. The van der Waals surface area contributed by atoms with Crippen LogP contribution in [0.5, 0.6) is 0 Å². The minimum Gasteiger partial charge on any atom is -0.480 e. The van der Waals surface area contributed by atoms with E-state index in [1.165, 1.54) is 25.7 Å². The van der Waals surface area contributed by atoms with Crippen LogP contribution in [0, 0.1) is 17.8 Å². The Bertz CT molecular complexity index is 478. The minimum absolute atomic E-state index is 0.144. The predicted molar refractivity (Wildman–Crippen MR) is 94.9 cm³/mol. The average Bonchev–Trinajstić information content (AvgIpc) is 3.05. The number of carbonyl (C=O) groups is 3. The topological polar surface area (TPSA) is 95.5 Å². The largest absolute Gasteiger partial charge is 0.480 e. The van der Waals surface area contributed by atoms with Crippen molar-refractivity contribution in [2.45, 2.75) is 83.7 Å². The van der Waals surface area contributed by atoms with Gasteiger partial charge in [-0.3, -0.25) is 9.59 Å². The SMILES string of the molecule is CC(C)[C@@H](NC(=O)C1CCC(NC(=O)CC2CCCC2)CC1)C(=O)O. The molecule has 142 valence electrons. The summed E-state index contributed by atoms with van der Waals surface area (Å²) < 4.78 is 0. The maximum Gasteiger partial charge on any atom is 0.326 e. The van der Waals surface area contributed by atoms with E-state index >= 15 is 0 Å². The monoisotopic (exact) mass is 352 g/mol. The van der Waals surface area contributed by atoms with Crippen molar-refractivity contribution in [2.75, 3.05) is 0 Å². The second-order valence-electron chi connectivity index (χ2n) is 8.04. The van der Waals surface area contributed by atoms with Crippen molar-refractivity contribution in [3.8, 4) is 0 Å². The third-order valence-electron chi connectivity index (χ3n) is 5.64. The van der Waals surface area contributed by atoms with Gasteiger partial charge in [0.05, 0.1) is 0 Å². The molecular weight excluding hydrogens is 320 g/mol. The molecule has 0 aromatic rings. The van der Waals surface area contributed by atoms with Crippen LogP contribution in [0.2, 0.25) is 0 Å². The molecule has 0 heterocycles. The summed E-state index contributed by atoms with van der Waals surface area (Å²) in [6, 6.07) is -0.685. The summed E-state index contributed by atoms with van der Waals surface area (Å²) in [6.07, 6.45) is 8.42. The maximum atomic E-state index is 12.3. The molecule has 2 aliphatic rings. The third kappa shape index (κ3) is 6.01. The van der Waals surface area contributed by atoms with Gasteiger partial charge in [0.2, 0.25) is 11.8 Å². The lowest BCUT2D eigenvalue weighted by molar-refractivity contribution is -0.144. The number of rotatable bonds is 7. The molecule has 6 heteroatoms. The molecule has 0 aromatic carbocycles. The molecule has 2 fully saturated rings. The predicted octanol–water partition coefficient (Wildman–Crippen LogP) is 2.47. The Morgan fingerprint density at radius 3 is 2.12 bits per heavy atom. The van der Waals surface area contributed by atoms with Gasteiger partial charge in [0, 0.05) is 18.4 Å². The van der Waals surface area contributed by atoms with Crippen molar-refractivity contribution in [1.29, 1.82) is 0 Å². The van der Waals surface area contributed by atoms with Crippen LogP contribution < -0.4 is 10.6 Å². The van der Waals surface area contributed by atoms with Crippen molar-refractivity contribution in [3.05, 3.63) is 0 Å². The molecule has 2 rings (SSSR count). The van der Waals surface area contributed by atoms with Gasteiger partial charge in [0.15, 0.2) is 0 Å². The van der Waals surface area contributed by atoms with Crippen molar-refractivity contribution in [3.63, 3.8) is 0 Å². The molecule has 0 bridgehead atoms. The number of hydrogen-bond donors (Lipinski definition) is 3. The van der Waals surface area contributed by atoms with Gasteiger partial charge in [-0.2, -0.15) is 0 Å². The van der Waals surface area contributed by atoms with E-state index in [2.05, 4.69) is 10.6 Å². The highest BCUT2D eigenvalue weighted by Crippen LogP contribution is 2.28. The molecule has 2 aliphatic carbocycles. The molecule has 0 saturated heterocycles. The van der Waals surface area contributed by atoms with Gasteiger partial charge in [0.1, 0.15) is 6.04 Å². The lowest BCUT2D eigenvalue weighted by Crippen LogP contribution is -2.48. The fourth-order valence-corrected chi connectivity index (χ4v) is 4.05. The van der Waals surface area contributed by atoms with Crippen LogP contribution in [0.15, 0.2) is 0 Å². The highest BCUT2D eigenvalue weighted by Gasteiger charge is 2.31. The summed E-state index contributed by atoms with van der Waals surface area (Å²) in [7, 11) is 0. The van der Waals surface area contributed by atoms with E-state index in [0.717, 1.165) is 12.8 Å². The van der Waals surface area contributed by atoms with Gasteiger partial charge in [-0.1, -0.05) is 26.7 Å². The fraction of sp³-hybridized carbons (Fsp3) is 0.842. The van der Waals surface area contributed by atoms with E-state index in [9.17, 15) is 19.5 Å². The van der Waals surface area contributed by atoms with Crippen LogP contribution in [0.25, 0.3) is 0 Å². The molecular formula is C19H32N2O4. The number of hydrogen-bond acceptors (Lipinski definition) is 3. The lowest BCUT2D eigenvalue weighted by atomic mass is 9.85. The van der Waals surface area contributed by atoms with Gasteiger partial charge in [-0.05, 0) is 50.4 Å². The Morgan fingerprint density at radius 1 is 1.00 bits per heavy atom. The highest BCUT2D eigenvalue weighted by atomic mass is 16.4. The van der Waals surface area contributed by atoms with Crippen molar-refractivity contribution >= 4 is 17.8 Å². The number of aliphatic carboxylic acids is 1. The quantitative estimate of drug-likeness (QED) is 0.656. The molecule has 0 unspecified atom stereocenters. The first kappa shape index (κ1) is 19.7. The van der Waals surface area contributed by atoms with Gasteiger partial charge >= 0.3 is 5.97 Å². The lowest BCUT2D eigenvalue weighted by Gasteiger charge is -2.30. The molecule has 2 amide bonds. The van der Waals surface area contributed by atoms with E-state index in [4.69, 9.17) is 0 Å². The Kier molecular flexibility index (Phi) is 7.26. The van der Waals surface area contributed by atoms with E-state index in [-0.39, 0.29) is 29.7 Å². The van der Waals surface area contributed by atoms with Crippen molar-refractivity contribution < 1.29 is 19.5 Å². The van der Waals surface area contributed by atoms with E-state index in [1.807, 2.05) is 0 Å². The Labute approximate surface area is 150 Å². The minimum atomic E-state index is -0.990. The van der Waals surface area contributed by atoms with Gasteiger partial charge in [-0.25, -0.2) is 4.79 Å². The summed E-state index contributed by atoms with van der Waals surface area (Å²) in [5, 5.41) is 15.0. The second-order valence-corrected chi connectivity index (χ2v) is 8.04. The molecule has 0 aromatic heterocycles. The number of carbonyl (C=O) groups excluding carboxylic acids is 2. The second kappa shape index (κ2) is 9.20. The Hall–Kier alpha value is -1.59. The van der Waals surface area contributed by atoms with E-state index in [0.29, 0.717) is 25.2 Å². The van der Waals surface area contributed by atoms with Crippen LogP contribution in [0.1, 0.15) is 71.6 Å². The zero-order valence-electron chi connectivity index (χ0n) is 15.4. The van der Waals surface area contributed by atoms with E-state index in [1.54, 1.807) is 13.8 Å². The summed E-state index contributed by atoms with van der Waals surface area (Å²) in [4.78, 5) is 35.6. The van der Waals surface area contributed by atoms with Crippen LogP contribution in [0.4, 0.5) is 0 Å². The molecule has 6 nitrogen and oxygen atoms in total. The van der Waals surface area contributed by atoms with Gasteiger partial charge < -0.3 is 15.7 Å². The first-order valence-corrected chi connectivity index (χ1v) is 9.69.